The van der Waals surface area contributed by atoms with Crippen LogP contribution in [-0.2, 0) is 19.1 Å². The minimum Gasteiger partial charge on any atom is -0.505 e. The van der Waals surface area contributed by atoms with Gasteiger partial charge in [-0.3, -0.25) is 4.79 Å². The molecule has 0 saturated heterocycles. The minimum absolute atomic E-state index is 0.199. The van der Waals surface area contributed by atoms with Crippen molar-refractivity contribution >= 4 is 12.6 Å². The third-order valence-corrected chi connectivity index (χ3v) is 2.14. The van der Waals surface area contributed by atoms with Crippen molar-refractivity contribution in [3.05, 3.63) is 37.6 Å². The highest BCUT2D eigenvalue weighted by molar-refractivity contribution is 5.63. The van der Waals surface area contributed by atoms with Gasteiger partial charge in [0.1, 0.15) is 12.6 Å². The predicted octanol–water partition coefficient (Wildman–Crippen LogP) is 4.37. The summed E-state index contributed by atoms with van der Waals surface area (Å²) in [5, 5.41) is 0. The largest absolute Gasteiger partial charge is 0.505 e. The van der Waals surface area contributed by atoms with E-state index in [1.165, 1.54) is 6.08 Å². The van der Waals surface area contributed by atoms with Gasteiger partial charge in [-0.25, -0.2) is 0 Å². The molecule has 4 heteroatoms. The summed E-state index contributed by atoms with van der Waals surface area (Å²) in [7, 11) is 3.30. The molecule has 0 bridgehead atoms. The molecular weight excluding hydrogens is 280 g/mol. The van der Waals surface area contributed by atoms with Crippen LogP contribution in [0.3, 0.4) is 0 Å². The van der Waals surface area contributed by atoms with Crippen LogP contribution in [-0.4, -0.2) is 32.9 Å². The number of allylic oxidation sites excluding steroid dienone is 2. The maximum Gasteiger partial charge on any atom is 0.142 e. The molecule has 0 heterocycles. The number of aldehydes is 2. The van der Waals surface area contributed by atoms with E-state index < -0.39 is 0 Å². The lowest BCUT2D eigenvalue weighted by atomic mass is 10.2. The maximum absolute atomic E-state index is 9.74. The van der Waals surface area contributed by atoms with Gasteiger partial charge in [0, 0.05) is 13.0 Å². The topological polar surface area (TPSA) is 52.6 Å². The summed E-state index contributed by atoms with van der Waals surface area (Å²) in [5.41, 5.74) is 0. The van der Waals surface area contributed by atoms with E-state index in [-0.39, 0.29) is 12.0 Å². The summed E-state index contributed by atoms with van der Waals surface area (Å²) in [6.07, 6.45) is 10.4. The van der Waals surface area contributed by atoms with Crippen LogP contribution in [0.1, 0.15) is 40.5 Å². The third kappa shape index (κ3) is 51.6. The number of carbonyl (C=O) groups excluding carboxylic acids is 2. The third-order valence-electron chi connectivity index (χ3n) is 2.14. The molecule has 2 atom stereocenters. The Morgan fingerprint density at radius 3 is 1.64 bits per heavy atom. The summed E-state index contributed by atoms with van der Waals surface area (Å²) in [6, 6.07) is 0. The molecule has 0 aromatic carbocycles. The molecule has 0 amide bonds. The zero-order valence-corrected chi connectivity index (χ0v) is 15.1. The average molecular weight is 314 g/mol. The van der Waals surface area contributed by atoms with Crippen LogP contribution < -0.4 is 0 Å². The van der Waals surface area contributed by atoms with Gasteiger partial charge in [-0.15, -0.1) is 6.58 Å². The zero-order chi connectivity index (χ0) is 18.2. The molecule has 130 valence electrons. The second-order valence-corrected chi connectivity index (χ2v) is 4.09. The molecule has 0 rings (SSSR count). The van der Waals surface area contributed by atoms with Crippen molar-refractivity contribution in [3.8, 4) is 0 Å². The van der Waals surface area contributed by atoms with Crippen LogP contribution in [0.2, 0.25) is 0 Å². The van der Waals surface area contributed by atoms with Crippen LogP contribution in [0, 0.1) is 5.92 Å². The SMILES string of the molecule is C=CC(C)OC.C=CC=O.CC/C=C/OC.CCC(C)C=O. The standard InChI is InChI=1S/3C5H10O.C3H4O/c1-4-5(2)6-3;1-3-5(2)4-6;1-3-4-5-6-2;1-2-3-4/h4-5H,1H2,2-3H3;2*4-5H,3H2,1-2H3;2-3H,1H2/b;;5-4+;. The van der Waals surface area contributed by atoms with Crippen LogP contribution in [0.15, 0.2) is 37.6 Å². The molecule has 4 nitrogen and oxygen atoms in total. The normalized spacial score (nSPS) is 11.0. The van der Waals surface area contributed by atoms with Gasteiger partial charge >= 0.3 is 0 Å². The van der Waals surface area contributed by atoms with E-state index in [1.54, 1.807) is 26.6 Å². The molecule has 0 aromatic rings. The Bertz CT molecular complexity index is 234. The molecule has 0 fully saturated rings. The molecule has 0 radical (unpaired) electrons. The molecule has 22 heavy (non-hydrogen) atoms. The lowest BCUT2D eigenvalue weighted by molar-refractivity contribution is -0.110. The maximum atomic E-state index is 9.74. The first-order valence-corrected chi connectivity index (χ1v) is 7.29. The highest BCUT2D eigenvalue weighted by Crippen LogP contribution is 1.91. The van der Waals surface area contributed by atoms with Gasteiger partial charge in [-0.2, -0.15) is 0 Å². The van der Waals surface area contributed by atoms with Gasteiger partial charge < -0.3 is 14.3 Å². The molecule has 0 aromatic heterocycles. The Morgan fingerprint density at radius 1 is 1.09 bits per heavy atom. The van der Waals surface area contributed by atoms with E-state index in [1.807, 2.05) is 26.8 Å². The molecule has 2 unspecified atom stereocenters. The van der Waals surface area contributed by atoms with Crippen molar-refractivity contribution in [2.24, 2.45) is 5.92 Å². The number of ether oxygens (including phenoxy) is 2. The number of rotatable bonds is 7. The van der Waals surface area contributed by atoms with Gasteiger partial charge in [0.2, 0.25) is 0 Å². The first-order chi connectivity index (χ1) is 10.4. The molecule has 0 aliphatic heterocycles. The number of hydrogen-bond donors (Lipinski definition) is 0. The van der Waals surface area contributed by atoms with Crippen LogP contribution >= 0.6 is 0 Å². The highest BCUT2D eigenvalue weighted by atomic mass is 16.5. The van der Waals surface area contributed by atoms with Crippen molar-refractivity contribution in [2.45, 2.75) is 46.6 Å². The molecule has 0 aliphatic rings. The van der Waals surface area contributed by atoms with Crippen LogP contribution in [0.5, 0.6) is 0 Å². The van der Waals surface area contributed by atoms with Gasteiger partial charge in [0.05, 0.1) is 19.5 Å². The van der Waals surface area contributed by atoms with Gasteiger partial charge in [0.15, 0.2) is 0 Å². The predicted molar refractivity (Wildman–Crippen MR) is 94.9 cm³/mol. The minimum atomic E-state index is 0.199. The van der Waals surface area contributed by atoms with Crippen molar-refractivity contribution < 1.29 is 19.1 Å². The number of hydrogen-bond acceptors (Lipinski definition) is 4. The lowest BCUT2D eigenvalue weighted by Gasteiger charge is -1.97. The summed E-state index contributed by atoms with van der Waals surface area (Å²) in [5.74, 6) is 0.255. The smallest absolute Gasteiger partial charge is 0.142 e. The summed E-state index contributed by atoms with van der Waals surface area (Å²) in [6.45, 7) is 14.5. The molecule has 0 aliphatic carbocycles. The second kappa shape index (κ2) is 31.6. The van der Waals surface area contributed by atoms with Crippen molar-refractivity contribution in [1.82, 2.24) is 0 Å². The molecule has 0 saturated carbocycles. The lowest BCUT2D eigenvalue weighted by Crippen LogP contribution is -1.96. The van der Waals surface area contributed by atoms with E-state index in [0.717, 1.165) is 19.1 Å². The summed E-state index contributed by atoms with van der Waals surface area (Å²) in [4.78, 5) is 18.8. The molecule has 0 spiro atoms. The Morgan fingerprint density at radius 2 is 1.59 bits per heavy atom. The van der Waals surface area contributed by atoms with Crippen LogP contribution in [0.4, 0.5) is 0 Å². The van der Waals surface area contributed by atoms with Crippen molar-refractivity contribution in [3.63, 3.8) is 0 Å². The Balaban J connectivity index is -0.0000000994. The first kappa shape index (κ1) is 28.5. The zero-order valence-electron chi connectivity index (χ0n) is 15.1. The monoisotopic (exact) mass is 314 g/mol. The van der Waals surface area contributed by atoms with Gasteiger partial charge in [0.25, 0.3) is 0 Å². The average Bonchev–Trinajstić information content (AvgIpc) is 2.59. The molecule has 0 N–H and O–H groups in total. The van der Waals surface area contributed by atoms with Crippen LogP contribution in [0.25, 0.3) is 0 Å². The summed E-state index contributed by atoms with van der Waals surface area (Å²) >= 11 is 0. The molecular formula is C18H34O4. The fourth-order valence-corrected chi connectivity index (χ4v) is 0.385. The first-order valence-electron chi connectivity index (χ1n) is 7.29. The Labute approximate surface area is 136 Å². The van der Waals surface area contributed by atoms with E-state index in [2.05, 4.69) is 24.8 Å². The fraction of sp³-hybridized carbons (Fsp3) is 0.556. The Hall–Kier alpha value is -1.68. The van der Waals surface area contributed by atoms with Crippen molar-refractivity contribution in [1.29, 1.82) is 0 Å². The van der Waals surface area contributed by atoms with Gasteiger partial charge in [-0.1, -0.05) is 39.5 Å². The summed E-state index contributed by atoms with van der Waals surface area (Å²) < 4.78 is 9.38. The number of methoxy groups -OCH3 is 2. The highest BCUT2D eigenvalue weighted by Gasteiger charge is 1.89. The van der Waals surface area contributed by atoms with E-state index in [4.69, 9.17) is 9.53 Å². The van der Waals surface area contributed by atoms with E-state index in [9.17, 15) is 4.79 Å². The fourth-order valence-electron chi connectivity index (χ4n) is 0.385. The van der Waals surface area contributed by atoms with Gasteiger partial charge in [-0.05, 0) is 25.8 Å². The van der Waals surface area contributed by atoms with E-state index >= 15 is 0 Å². The number of carbonyl (C=O) groups is 2. The quantitative estimate of drug-likeness (QED) is 0.303. The van der Waals surface area contributed by atoms with E-state index in [0.29, 0.717) is 6.29 Å². The Kier molecular flexibility index (Phi) is 40.9. The second-order valence-electron chi connectivity index (χ2n) is 4.09. The van der Waals surface area contributed by atoms with Crippen molar-refractivity contribution in [2.75, 3.05) is 14.2 Å².